The molecule has 0 unspecified atom stereocenters. The second-order valence-corrected chi connectivity index (χ2v) is 14.2. The highest BCUT2D eigenvalue weighted by atomic mass is 35.5. The molecule has 1 aliphatic rings. The maximum atomic E-state index is 13.7. The monoisotopic (exact) mass is 720 g/mol. The van der Waals surface area contributed by atoms with Crippen LogP contribution in [-0.4, -0.2) is 48.5 Å². The van der Waals surface area contributed by atoms with E-state index in [9.17, 15) is 21.6 Å². The summed E-state index contributed by atoms with van der Waals surface area (Å²) in [4.78, 5) is 30.2. The van der Waals surface area contributed by atoms with Crippen LogP contribution in [0, 0.1) is 0 Å². The molecule has 13 nitrogen and oxygen atoms in total. The molecule has 1 aliphatic heterocycles. The molecule has 0 saturated carbocycles. The lowest BCUT2D eigenvalue weighted by Gasteiger charge is -2.20. The number of nitrogens with one attached hydrogen (secondary N) is 3. The molecule has 242 valence electrons. The number of carbonyl (C=O) groups excluding carboxylic acids is 1. The Bertz CT molecular complexity index is 2180. The number of benzene rings is 4. The van der Waals surface area contributed by atoms with Crippen LogP contribution < -0.4 is 14.9 Å². The van der Waals surface area contributed by atoms with Crippen LogP contribution >= 0.6 is 23.2 Å². The Morgan fingerprint density at radius 3 is 1.56 bits per heavy atom. The predicted octanol–water partition coefficient (Wildman–Crippen LogP) is 5.44. The summed E-state index contributed by atoms with van der Waals surface area (Å²) in [5.74, 6) is -1.95. The van der Waals surface area contributed by atoms with E-state index in [1.807, 2.05) is 18.2 Å². The Labute approximate surface area is 285 Å². The van der Waals surface area contributed by atoms with Crippen molar-refractivity contribution in [3.05, 3.63) is 136 Å². The molecule has 0 bridgehead atoms. The lowest BCUT2D eigenvalue weighted by Crippen LogP contribution is -2.38. The van der Waals surface area contributed by atoms with E-state index in [1.165, 1.54) is 48.5 Å². The van der Waals surface area contributed by atoms with Gasteiger partial charge in [-0.1, -0.05) is 83.9 Å². The number of aliphatic imine (C=N–C) groups is 1. The summed E-state index contributed by atoms with van der Waals surface area (Å²) >= 11 is 11.8. The van der Waals surface area contributed by atoms with Crippen molar-refractivity contribution in [2.75, 3.05) is 14.9 Å². The summed E-state index contributed by atoms with van der Waals surface area (Å²) in [5, 5.41) is 1.69. The highest BCUT2D eigenvalue weighted by Crippen LogP contribution is 2.25. The van der Waals surface area contributed by atoms with E-state index in [2.05, 4.69) is 34.8 Å². The summed E-state index contributed by atoms with van der Waals surface area (Å²) in [5.41, 5.74) is 4.10. The van der Waals surface area contributed by atoms with Crippen molar-refractivity contribution < 1.29 is 21.6 Å². The minimum absolute atomic E-state index is 0.0777. The van der Waals surface area contributed by atoms with Crippen LogP contribution in [-0.2, 0) is 24.8 Å². The minimum Gasteiger partial charge on any atom is -0.265 e. The SMILES string of the molecule is O=C1C(=Cc2ccccc2)N=C(c2ccccc2)N1Nc1nc(NS(=O)(=O)c2ccc(Cl)cc2)nc(NS(=O)(=O)c2ccc(Cl)cc2)n1. The van der Waals surface area contributed by atoms with Crippen molar-refractivity contribution in [2.24, 2.45) is 4.99 Å². The molecule has 0 atom stereocenters. The van der Waals surface area contributed by atoms with E-state index in [1.54, 1.807) is 48.5 Å². The van der Waals surface area contributed by atoms with Gasteiger partial charge in [0.1, 0.15) is 5.70 Å². The van der Waals surface area contributed by atoms with Crippen molar-refractivity contribution in [2.45, 2.75) is 9.79 Å². The third kappa shape index (κ3) is 7.44. The lowest BCUT2D eigenvalue weighted by molar-refractivity contribution is -0.121. The van der Waals surface area contributed by atoms with Gasteiger partial charge in [0.05, 0.1) is 9.79 Å². The van der Waals surface area contributed by atoms with Crippen LogP contribution in [0.15, 0.2) is 130 Å². The fourth-order valence-electron chi connectivity index (χ4n) is 4.31. The quantitative estimate of drug-likeness (QED) is 0.159. The van der Waals surface area contributed by atoms with Crippen LogP contribution in [0.25, 0.3) is 6.08 Å². The number of halogens is 2. The fraction of sp³-hybridized carbons (Fsp3) is 0. The van der Waals surface area contributed by atoms with Gasteiger partial charge in [-0.2, -0.15) is 20.0 Å². The van der Waals surface area contributed by atoms with Gasteiger partial charge in [-0.15, -0.1) is 0 Å². The Kier molecular flexibility index (Phi) is 9.10. The van der Waals surface area contributed by atoms with Gasteiger partial charge < -0.3 is 0 Å². The highest BCUT2D eigenvalue weighted by Gasteiger charge is 2.33. The van der Waals surface area contributed by atoms with Gasteiger partial charge in [0.15, 0.2) is 5.84 Å². The zero-order chi connectivity index (χ0) is 33.9. The topological polar surface area (TPSA) is 176 Å². The number of hydrogen-bond donors (Lipinski definition) is 3. The Balaban J connectivity index is 1.40. The molecule has 0 spiro atoms. The number of nitrogens with zero attached hydrogens (tertiary/aromatic N) is 5. The summed E-state index contributed by atoms with van der Waals surface area (Å²) in [7, 11) is -8.59. The van der Waals surface area contributed by atoms with Crippen molar-refractivity contribution in [3.8, 4) is 0 Å². The molecular formula is C31H22Cl2N8O5S2. The van der Waals surface area contributed by atoms with E-state index in [4.69, 9.17) is 23.2 Å². The number of anilines is 3. The van der Waals surface area contributed by atoms with Crippen molar-refractivity contribution in [3.63, 3.8) is 0 Å². The summed E-state index contributed by atoms with van der Waals surface area (Å²) in [6.07, 6.45) is 1.59. The fourth-order valence-corrected chi connectivity index (χ4v) is 6.45. The molecule has 6 rings (SSSR count). The second-order valence-electron chi connectivity index (χ2n) is 9.92. The third-order valence-corrected chi connectivity index (χ3v) is 9.73. The summed E-state index contributed by atoms with van der Waals surface area (Å²) < 4.78 is 57.3. The van der Waals surface area contributed by atoms with E-state index >= 15 is 0 Å². The van der Waals surface area contributed by atoms with Crippen LogP contribution in [0.5, 0.6) is 0 Å². The zero-order valence-electron chi connectivity index (χ0n) is 24.3. The van der Waals surface area contributed by atoms with Gasteiger partial charge in [0, 0.05) is 15.6 Å². The molecule has 0 aliphatic carbocycles. The average molecular weight is 722 g/mol. The lowest BCUT2D eigenvalue weighted by atomic mass is 10.2. The van der Waals surface area contributed by atoms with Crippen molar-refractivity contribution in [1.29, 1.82) is 0 Å². The highest BCUT2D eigenvalue weighted by molar-refractivity contribution is 7.93. The summed E-state index contributed by atoms with van der Waals surface area (Å²) in [6, 6.07) is 28.4. The van der Waals surface area contributed by atoms with E-state index < -0.39 is 43.8 Å². The molecule has 0 fully saturated rings. The molecule has 1 amide bonds. The van der Waals surface area contributed by atoms with Gasteiger partial charge >= 0.3 is 0 Å². The first-order valence-electron chi connectivity index (χ1n) is 13.8. The normalized spacial score (nSPS) is 14.1. The smallest absolute Gasteiger partial charge is 0.265 e. The number of sulfonamides is 2. The first kappa shape index (κ1) is 32.6. The van der Waals surface area contributed by atoms with E-state index in [-0.39, 0.29) is 21.3 Å². The molecular weight excluding hydrogens is 699 g/mol. The van der Waals surface area contributed by atoms with Crippen molar-refractivity contribution >= 4 is 78.9 Å². The number of hydrogen-bond acceptors (Lipinski definition) is 10. The molecule has 5 aromatic rings. The maximum absolute atomic E-state index is 13.7. The molecule has 3 N–H and O–H groups in total. The third-order valence-electron chi connectivity index (χ3n) is 6.54. The number of amidine groups is 1. The van der Waals surface area contributed by atoms with Crippen molar-refractivity contribution in [1.82, 2.24) is 20.0 Å². The average Bonchev–Trinajstić information content (AvgIpc) is 3.35. The van der Waals surface area contributed by atoms with Gasteiger partial charge in [0.25, 0.3) is 26.0 Å². The summed E-state index contributed by atoms with van der Waals surface area (Å²) in [6.45, 7) is 0. The van der Waals surface area contributed by atoms with Crippen LogP contribution in [0.1, 0.15) is 11.1 Å². The Morgan fingerprint density at radius 2 is 1.06 bits per heavy atom. The molecule has 17 heteroatoms. The Hall–Kier alpha value is -5.35. The van der Waals surface area contributed by atoms with Gasteiger partial charge in [-0.25, -0.2) is 31.3 Å². The number of amides is 1. The minimum atomic E-state index is -4.29. The van der Waals surface area contributed by atoms with Gasteiger partial charge in [0.2, 0.25) is 17.8 Å². The predicted molar refractivity (Wildman–Crippen MR) is 182 cm³/mol. The molecule has 1 aromatic heterocycles. The number of hydrazine groups is 1. The first-order valence-corrected chi connectivity index (χ1v) is 17.5. The van der Waals surface area contributed by atoms with Gasteiger partial charge in [-0.3, -0.25) is 10.2 Å². The number of carbonyl (C=O) groups is 1. The molecule has 0 radical (unpaired) electrons. The number of rotatable bonds is 10. The standard InChI is InChI=1S/C31H22Cl2N8O5S2/c32-22-11-15-24(16-12-22)47(43,44)39-30-35-29(36-31(37-30)40-48(45,46)25-17-13-23(33)14-18-25)38-41-27(21-9-5-2-6-10-21)34-26(28(41)42)19-20-7-3-1-4-8-20/h1-19H,(H3,35,36,37,38,39,40). The van der Waals surface area contributed by atoms with E-state index in [0.717, 1.165) is 10.6 Å². The molecule has 48 heavy (non-hydrogen) atoms. The largest absolute Gasteiger partial charge is 0.297 e. The first-order chi connectivity index (χ1) is 23.0. The van der Waals surface area contributed by atoms with Gasteiger partial charge in [-0.05, 0) is 60.2 Å². The Morgan fingerprint density at radius 1 is 0.604 bits per heavy atom. The number of aromatic nitrogens is 3. The van der Waals surface area contributed by atoms with Crippen LogP contribution in [0.2, 0.25) is 10.0 Å². The van der Waals surface area contributed by atoms with E-state index in [0.29, 0.717) is 15.6 Å². The second kappa shape index (κ2) is 13.4. The molecule has 4 aromatic carbocycles. The molecule has 2 heterocycles. The molecule has 0 saturated heterocycles. The van der Waals surface area contributed by atoms with Crippen LogP contribution in [0.4, 0.5) is 17.8 Å². The zero-order valence-corrected chi connectivity index (χ0v) is 27.5. The maximum Gasteiger partial charge on any atom is 0.297 e. The van der Waals surface area contributed by atoms with Crippen LogP contribution in [0.3, 0.4) is 0 Å².